The van der Waals surface area contributed by atoms with Gasteiger partial charge in [-0.05, 0) is 26.7 Å². The largest absolute Gasteiger partial charge is 0.379 e. The van der Waals surface area contributed by atoms with Crippen molar-refractivity contribution >= 4 is 17.2 Å². The summed E-state index contributed by atoms with van der Waals surface area (Å²) < 4.78 is 5.36. The summed E-state index contributed by atoms with van der Waals surface area (Å²) in [5, 5.41) is 4.10. The molecule has 1 aromatic rings. The van der Waals surface area contributed by atoms with Gasteiger partial charge in [0.15, 0.2) is 0 Å². The fraction of sp³-hybridized carbons (Fsp3) is 0.750. The molecule has 0 unspecified atom stereocenters. The van der Waals surface area contributed by atoms with Crippen molar-refractivity contribution in [3.05, 3.63) is 15.6 Å². The van der Waals surface area contributed by atoms with Crippen molar-refractivity contribution in [3.63, 3.8) is 0 Å². The quantitative estimate of drug-likeness (QED) is 0.834. The van der Waals surface area contributed by atoms with Gasteiger partial charge < -0.3 is 10.1 Å². The molecule has 1 aliphatic rings. The smallest absolute Gasteiger partial charge is 0.220 e. The van der Waals surface area contributed by atoms with Crippen LogP contribution in [0.1, 0.15) is 42.3 Å². The van der Waals surface area contributed by atoms with Gasteiger partial charge in [-0.25, -0.2) is 4.98 Å². The summed E-state index contributed by atoms with van der Waals surface area (Å²) in [6.45, 7) is 10.5. The van der Waals surface area contributed by atoms with Gasteiger partial charge in [0.25, 0.3) is 0 Å². The van der Waals surface area contributed by atoms with E-state index in [0.717, 1.165) is 49.8 Å². The molecule has 1 saturated heterocycles. The minimum atomic E-state index is 0.133. The molecule has 124 valence electrons. The van der Waals surface area contributed by atoms with Crippen molar-refractivity contribution in [2.45, 2.75) is 52.6 Å². The molecule has 1 amide bonds. The highest BCUT2D eigenvalue weighted by Crippen LogP contribution is 2.18. The second-order valence-electron chi connectivity index (χ2n) is 5.77. The lowest BCUT2D eigenvalue weighted by Gasteiger charge is -2.32. The second-order valence-corrected chi connectivity index (χ2v) is 7.06. The number of carbonyl (C=O) groups excluding carboxylic acids is 1. The van der Waals surface area contributed by atoms with Crippen LogP contribution in [0.15, 0.2) is 0 Å². The molecule has 0 saturated carbocycles. The fourth-order valence-electron chi connectivity index (χ4n) is 2.73. The monoisotopic (exact) mass is 325 g/mol. The first-order chi connectivity index (χ1) is 10.6. The molecule has 1 N–H and O–H groups in total. The minimum Gasteiger partial charge on any atom is -0.379 e. The molecule has 0 aromatic carbocycles. The normalized spacial score (nSPS) is 17.4. The number of amides is 1. The van der Waals surface area contributed by atoms with E-state index in [1.165, 1.54) is 4.88 Å². The topological polar surface area (TPSA) is 54.5 Å². The Morgan fingerprint density at radius 3 is 2.86 bits per heavy atom. The Labute approximate surface area is 137 Å². The third-order valence-corrected chi connectivity index (χ3v) is 5.14. The molecule has 6 heteroatoms. The molecule has 2 rings (SSSR count). The van der Waals surface area contributed by atoms with Crippen LogP contribution in [0.2, 0.25) is 0 Å². The highest BCUT2D eigenvalue weighted by Gasteiger charge is 2.18. The third kappa shape index (κ3) is 5.04. The van der Waals surface area contributed by atoms with Gasteiger partial charge in [0.05, 0.1) is 30.5 Å². The van der Waals surface area contributed by atoms with Crippen LogP contribution < -0.4 is 5.32 Å². The maximum Gasteiger partial charge on any atom is 0.220 e. The number of nitrogens with one attached hydrogen (secondary N) is 1. The fourth-order valence-corrected chi connectivity index (χ4v) is 3.70. The van der Waals surface area contributed by atoms with E-state index >= 15 is 0 Å². The molecule has 22 heavy (non-hydrogen) atoms. The van der Waals surface area contributed by atoms with E-state index in [9.17, 15) is 4.79 Å². The van der Waals surface area contributed by atoms with Crippen molar-refractivity contribution in [2.75, 3.05) is 26.3 Å². The molecule has 2 heterocycles. The molecular weight excluding hydrogens is 298 g/mol. The van der Waals surface area contributed by atoms with E-state index in [4.69, 9.17) is 4.74 Å². The molecule has 1 atom stereocenters. The number of ether oxygens (including phenoxy) is 1. The number of thiazole rings is 1. The van der Waals surface area contributed by atoms with E-state index in [0.29, 0.717) is 19.0 Å². The van der Waals surface area contributed by atoms with Crippen molar-refractivity contribution in [3.8, 4) is 0 Å². The van der Waals surface area contributed by atoms with E-state index < -0.39 is 0 Å². The van der Waals surface area contributed by atoms with E-state index in [1.54, 1.807) is 11.3 Å². The molecular formula is C16H27N3O2S. The van der Waals surface area contributed by atoms with Crippen LogP contribution in [0.3, 0.4) is 0 Å². The van der Waals surface area contributed by atoms with Gasteiger partial charge in [-0.2, -0.15) is 0 Å². The van der Waals surface area contributed by atoms with Gasteiger partial charge in [0, 0.05) is 30.4 Å². The summed E-state index contributed by atoms with van der Waals surface area (Å²) in [5.74, 6) is 0.133. The first-order valence-corrected chi connectivity index (χ1v) is 8.95. The SMILES string of the molecule is CCc1nc(C)sc1CNC(=O)CC[C@H](C)N1CCOCC1. The molecule has 0 spiro atoms. The molecule has 1 fully saturated rings. The highest BCUT2D eigenvalue weighted by atomic mass is 32.1. The predicted molar refractivity (Wildman–Crippen MR) is 89.2 cm³/mol. The van der Waals surface area contributed by atoms with Crippen LogP contribution in [0, 0.1) is 6.92 Å². The Morgan fingerprint density at radius 2 is 2.18 bits per heavy atom. The zero-order valence-electron chi connectivity index (χ0n) is 13.9. The third-order valence-electron chi connectivity index (χ3n) is 4.12. The summed E-state index contributed by atoms with van der Waals surface area (Å²) in [6, 6.07) is 0.437. The van der Waals surface area contributed by atoms with E-state index in [-0.39, 0.29) is 5.91 Å². The van der Waals surface area contributed by atoms with Crippen LogP contribution in [0.4, 0.5) is 0 Å². The Kier molecular flexibility index (Phi) is 6.79. The number of aryl methyl sites for hydroxylation is 2. The second kappa shape index (κ2) is 8.60. The van der Waals surface area contributed by atoms with Crippen LogP contribution >= 0.6 is 11.3 Å². The Bertz CT molecular complexity index is 484. The van der Waals surface area contributed by atoms with E-state index in [2.05, 4.69) is 29.0 Å². The van der Waals surface area contributed by atoms with E-state index in [1.807, 2.05) is 6.92 Å². The maximum atomic E-state index is 12.0. The van der Waals surface area contributed by atoms with Crippen molar-refractivity contribution < 1.29 is 9.53 Å². The standard InChI is InChI=1S/C16H27N3O2S/c1-4-14-15(22-13(3)18-14)11-17-16(20)6-5-12(2)19-7-9-21-10-8-19/h12H,4-11H2,1-3H3,(H,17,20)/t12-/m0/s1. The minimum absolute atomic E-state index is 0.133. The lowest BCUT2D eigenvalue weighted by atomic mass is 10.1. The van der Waals surface area contributed by atoms with Crippen LogP contribution in [-0.4, -0.2) is 48.1 Å². The lowest BCUT2D eigenvalue weighted by Crippen LogP contribution is -2.42. The summed E-state index contributed by atoms with van der Waals surface area (Å²) in [4.78, 5) is 20.1. The van der Waals surface area contributed by atoms with Gasteiger partial charge >= 0.3 is 0 Å². The predicted octanol–water partition coefficient (Wildman–Crippen LogP) is 2.13. The highest BCUT2D eigenvalue weighted by molar-refractivity contribution is 7.11. The van der Waals surface area contributed by atoms with Gasteiger partial charge in [-0.3, -0.25) is 9.69 Å². The summed E-state index contributed by atoms with van der Waals surface area (Å²) in [6.07, 6.45) is 2.40. The first kappa shape index (κ1) is 17.4. The Balaban J connectivity index is 1.71. The summed E-state index contributed by atoms with van der Waals surface area (Å²) >= 11 is 1.68. The van der Waals surface area contributed by atoms with Crippen molar-refractivity contribution in [1.82, 2.24) is 15.2 Å². The number of hydrogen-bond acceptors (Lipinski definition) is 5. The zero-order chi connectivity index (χ0) is 15.9. The molecule has 5 nitrogen and oxygen atoms in total. The van der Waals surface area contributed by atoms with Crippen LogP contribution in [0.25, 0.3) is 0 Å². The number of nitrogens with zero attached hydrogens (tertiary/aromatic N) is 2. The van der Waals surface area contributed by atoms with Crippen LogP contribution in [0.5, 0.6) is 0 Å². The number of morpholine rings is 1. The number of carbonyl (C=O) groups is 1. The molecule has 0 bridgehead atoms. The molecule has 0 aliphatic carbocycles. The van der Waals surface area contributed by atoms with Gasteiger partial charge in [-0.15, -0.1) is 11.3 Å². The Morgan fingerprint density at radius 1 is 1.45 bits per heavy atom. The number of hydrogen-bond donors (Lipinski definition) is 1. The molecule has 1 aliphatic heterocycles. The van der Waals surface area contributed by atoms with Crippen molar-refractivity contribution in [1.29, 1.82) is 0 Å². The first-order valence-electron chi connectivity index (χ1n) is 8.13. The van der Waals surface area contributed by atoms with Gasteiger partial charge in [0.2, 0.25) is 5.91 Å². The Hall–Kier alpha value is -0.980. The average Bonchev–Trinajstić information content (AvgIpc) is 2.91. The maximum absolute atomic E-state index is 12.0. The zero-order valence-corrected chi connectivity index (χ0v) is 14.7. The van der Waals surface area contributed by atoms with Crippen molar-refractivity contribution in [2.24, 2.45) is 0 Å². The average molecular weight is 325 g/mol. The molecule has 1 aromatic heterocycles. The number of rotatable bonds is 7. The summed E-state index contributed by atoms with van der Waals surface area (Å²) in [7, 11) is 0. The number of aromatic nitrogens is 1. The summed E-state index contributed by atoms with van der Waals surface area (Å²) in [5.41, 5.74) is 1.12. The van der Waals surface area contributed by atoms with Crippen LogP contribution in [-0.2, 0) is 22.5 Å². The molecule has 0 radical (unpaired) electrons. The lowest BCUT2D eigenvalue weighted by molar-refractivity contribution is -0.121. The van der Waals surface area contributed by atoms with Gasteiger partial charge in [-0.1, -0.05) is 6.92 Å². The van der Waals surface area contributed by atoms with Gasteiger partial charge in [0.1, 0.15) is 0 Å².